The number of hydrogen-bond acceptors (Lipinski definition) is 3. The first-order valence-electron chi connectivity index (χ1n) is 11.2. The second kappa shape index (κ2) is 6.94. The Morgan fingerprint density at radius 1 is 0.903 bits per heavy atom. The number of carbonyl (C=O) groups is 2. The Balaban J connectivity index is 1.22. The molecule has 1 aromatic heterocycles. The number of fused-ring (bicyclic) bond motifs is 1. The second-order valence-corrected chi connectivity index (χ2v) is 9.63. The highest BCUT2D eigenvalue weighted by atomic mass is 16.4. The summed E-state index contributed by atoms with van der Waals surface area (Å²) in [6.07, 6.45) is 6.53. The Bertz CT molecular complexity index is 1150. The summed E-state index contributed by atoms with van der Waals surface area (Å²) in [4.78, 5) is 32.0. The van der Waals surface area contributed by atoms with Crippen LogP contribution in [0.3, 0.4) is 0 Å². The van der Waals surface area contributed by atoms with Crippen molar-refractivity contribution in [2.45, 2.75) is 38.1 Å². The molecule has 4 aliphatic rings. The highest BCUT2D eigenvalue weighted by Gasteiger charge is 2.48. The zero-order chi connectivity index (χ0) is 21.1. The van der Waals surface area contributed by atoms with Crippen molar-refractivity contribution in [2.75, 3.05) is 0 Å². The molecule has 4 saturated carbocycles. The molecule has 0 radical (unpaired) electrons. The van der Waals surface area contributed by atoms with Crippen molar-refractivity contribution < 1.29 is 14.7 Å². The molecule has 3 N–H and O–H groups in total. The van der Waals surface area contributed by atoms with E-state index < -0.39 is 5.97 Å². The molecule has 0 unspecified atom stereocenters. The minimum absolute atomic E-state index is 0.00124. The third-order valence-corrected chi connectivity index (χ3v) is 7.67. The first-order chi connectivity index (χ1) is 15.0. The third-order valence-electron chi connectivity index (χ3n) is 7.67. The molecule has 0 saturated heterocycles. The van der Waals surface area contributed by atoms with Crippen LogP contribution in [0.5, 0.6) is 0 Å². The van der Waals surface area contributed by atoms with E-state index in [2.05, 4.69) is 15.3 Å². The fraction of sp³-hybridized carbons (Fsp3) is 0.400. The minimum Gasteiger partial charge on any atom is -0.478 e. The molecule has 0 atom stereocenters. The van der Waals surface area contributed by atoms with Crippen molar-refractivity contribution in [1.82, 2.24) is 15.3 Å². The lowest BCUT2D eigenvalue weighted by Gasteiger charge is -2.54. The van der Waals surface area contributed by atoms with Gasteiger partial charge in [0, 0.05) is 17.2 Å². The van der Waals surface area contributed by atoms with Gasteiger partial charge in [-0.2, -0.15) is 0 Å². The summed E-state index contributed by atoms with van der Waals surface area (Å²) < 4.78 is 0. The molecule has 4 aliphatic carbocycles. The number of carboxylic acid groups (broad SMARTS) is 1. The fourth-order valence-corrected chi connectivity index (χ4v) is 6.45. The number of carbonyl (C=O) groups excluding carboxylic acids is 1. The van der Waals surface area contributed by atoms with E-state index in [1.165, 1.54) is 32.1 Å². The van der Waals surface area contributed by atoms with E-state index in [-0.39, 0.29) is 11.5 Å². The smallest absolute Gasteiger partial charge is 0.335 e. The molecule has 2 aromatic carbocycles. The van der Waals surface area contributed by atoms with Crippen molar-refractivity contribution in [1.29, 1.82) is 0 Å². The number of aromatic nitrogens is 2. The molecular weight excluding hydrogens is 390 g/mol. The maximum absolute atomic E-state index is 13.1. The van der Waals surface area contributed by atoms with Gasteiger partial charge in [-0.3, -0.25) is 4.79 Å². The second-order valence-electron chi connectivity index (χ2n) is 9.63. The van der Waals surface area contributed by atoms with Gasteiger partial charge >= 0.3 is 5.97 Å². The molecule has 4 bridgehead atoms. The molecule has 158 valence electrons. The number of benzene rings is 2. The number of H-pyrrole nitrogens is 1. The Labute approximate surface area is 180 Å². The van der Waals surface area contributed by atoms with Crippen molar-refractivity contribution in [3.8, 4) is 11.4 Å². The van der Waals surface area contributed by atoms with Crippen LogP contribution in [0, 0.1) is 23.7 Å². The minimum atomic E-state index is -0.953. The number of hydrogen-bond donors (Lipinski definition) is 3. The number of rotatable bonds is 4. The summed E-state index contributed by atoms with van der Waals surface area (Å²) in [5, 5.41) is 12.4. The lowest BCUT2D eigenvalue weighted by atomic mass is 9.54. The molecule has 4 fully saturated rings. The number of aromatic carboxylic acids is 1. The van der Waals surface area contributed by atoms with Gasteiger partial charge in [0.05, 0.1) is 16.6 Å². The Kier molecular flexibility index (Phi) is 4.16. The quantitative estimate of drug-likeness (QED) is 0.585. The monoisotopic (exact) mass is 415 g/mol. The first kappa shape index (κ1) is 18.6. The molecule has 1 amide bonds. The van der Waals surface area contributed by atoms with Crippen molar-refractivity contribution >= 4 is 22.9 Å². The predicted octanol–water partition coefficient (Wildman–Crippen LogP) is 4.48. The van der Waals surface area contributed by atoms with Crippen molar-refractivity contribution in [3.63, 3.8) is 0 Å². The van der Waals surface area contributed by atoms with E-state index in [0.29, 0.717) is 29.3 Å². The van der Waals surface area contributed by atoms with Crippen LogP contribution in [0.1, 0.15) is 52.8 Å². The number of imidazole rings is 1. The molecule has 0 aliphatic heterocycles. The molecule has 1 heterocycles. The van der Waals surface area contributed by atoms with Gasteiger partial charge in [0.25, 0.3) is 5.91 Å². The van der Waals surface area contributed by atoms with E-state index >= 15 is 0 Å². The lowest BCUT2D eigenvalue weighted by Crippen LogP contribution is -2.55. The molecular formula is C25H25N3O3. The number of aromatic amines is 1. The molecule has 3 aromatic rings. The summed E-state index contributed by atoms with van der Waals surface area (Å²) in [7, 11) is 0. The molecule has 0 spiro atoms. The van der Waals surface area contributed by atoms with Crippen LogP contribution >= 0.6 is 0 Å². The lowest BCUT2D eigenvalue weighted by molar-refractivity contribution is -0.0119. The fourth-order valence-electron chi connectivity index (χ4n) is 6.45. The van der Waals surface area contributed by atoms with E-state index in [0.717, 1.165) is 28.4 Å². The van der Waals surface area contributed by atoms with Crippen LogP contribution in [0.2, 0.25) is 0 Å². The van der Waals surface area contributed by atoms with E-state index in [1.54, 1.807) is 24.3 Å². The zero-order valence-electron chi connectivity index (χ0n) is 17.2. The number of carboxylic acids is 1. The maximum Gasteiger partial charge on any atom is 0.335 e. The summed E-state index contributed by atoms with van der Waals surface area (Å²) in [5.74, 6) is 2.78. The van der Waals surface area contributed by atoms with Gasteiger partial charge in [0.1, 0.15) is 5.82 Å². The molecule has 6 heteroatoms. The zero-order valence-corrected chi connectivity index (χ0v) is 17.2. The Hall–Kier alpha value is -3.15. The van der Waals surface area contributed by atoms with Gasteiger partial charge in [0.15, 0.2) is 0 Å². The number of nitrogens with zero attached hydrogens (tertiary/aromatic N) is 1. The van der Waals surface area contributed by atoms with E-state index in [4.69, 9.17) is 5.11 Å². The SMILES string of the molecule is O=C(O)c1ccc(-c2nc3ccc(C(=O)NC4C5CC6CC(C5)CC4C6)cc3[nH]2)cc1. The van der Waals surface area contributed by atoms with Crippen molar-refractivity contribution in [3.05, 3.63) is 53.6 Å². The average molecular weight is 415 g/mol. The Morgan fingerprint density at radius 3 is 2.19 bits per heavy atom. The maximum atomic E-state index is 13.1. The topological polar surface area (TPSA) is 95.1 Å². The van der Waals surface area contributed by atoms with Gasteiger partial charge in [-0.15, -0.1) is 0 Å². The van der Waals surface area contributed by atoms with Crippen LogP contribution in [0.25, 0.3) is 22.4 Å². The van der Waals surface area contributed by atoms with Crippen LogP contribution < -0.4 is 5.32 Å². The summed E-state index contributed by atoms with van der Waals surface area (Å²) in [5.41, 5.74) is 3.28. The van der Waals surface area contributed by atoms with Crippen LogP contribution in [-0.4, -0.2) is 33.0 Å². The van der Waals surface area contributed by atoms with Crippen LogP contribution in [0.15, 0.2) is 42.5 Å². The third kappa shape index (κ3) is 3.21. The molecule has 31 heavy (non-hydrogen) atoms. The normalized spacial score (nSPS) is 28.7. The van der Waals surface area contributed by atoms with Gasteiger partial charge in [-0.05, 0) is 86.1 Å². The summed E-state index contributed by atoms with van der Waals surface area (Å²) in [6, 6.07) is 12.5. The largest absolute Gasteiger partial charge is 0.478 e. The van der Waals surface area contributed by atoms with Gasteiger partial charge < -0.3 is 15.4 Å². The highest BCUT2D eigenvalue weighted by Crippen LogP contribution is 2.53. The number of nitrogens with one attached hydrogen (secondary N) is 2. The van der Waals surface area contributed by atoms with E-state index in [9.17, 15) is 9.59 Å². The molecule has 6 nitrogen and oxygen atoms in total. The van der Waals surface area contributed by atoms with Crippen LogP contribution in [-0.2, 0) is 0 Å². The average Bonchev–Trinajstić information content (AvgIpc) is 3.19. The van der Waals surface area contributed by atoms with Crippen molar-refractivity contribution in [2.24, 2.45) is 23.7 Å². The molecule has 7 rings (SSSR count). The van der Waals surface area contributed by atoms with Crippen LogP contribution in [0.4, 0.5) is 0 Å². The Morgan fingerprint density at radius 2 is 1.55 bits per heavy atom. The number of amides is 1. The standard InChI is InChI=1S/C25H25N3O3/c29-24(28-22-18-8-13-7-14(10-18)11-19(22)9-13)17-5-6-20-21(12-17)27-23(26-20)15-1-3-16(4-2-15)25(30)31/h1-6,12-14,18-19,22H,7-11H2,(H,26,27)(H,28,29)(H,30,31). The highest BCUT2D eigenvalue weighted by molar-refractivity contribution is 5.98. The van der Waals surface area contributed by atoms with Gasteiger partial charge in [-0.25, -0.2) is 9.78 Å². The van der Waals surface area contributed by atoms with E-state index in [1.807, 2.05) is 18.2 Å². The van der Waals surface area contributed by atoms with Gasteiger partial charge in [-0.1, -0.05) is 12.1 Å². The summed E-state index contributed by atoms with van der Waals surface area (Å²) in [6.45, 7) is 0. The predicted molar refractivity (Wildman–Crippen MR) is 117 cm³/mol. The van der Waals surface area contributed by atoms with Gasteiger partial charge in [0.2, 0.25) is 0 Å². The first-order valence-corrected chi connectivity index (χ1v) is 11.2. The summed E-state index contributed by atoms with van der Waals surface area (Å²) >= 11 is 0.